The molecule has 1 unspecified atom stereocenters. The quantitative estimate of drug-likeness (QED) is 0.888. The first kappa shape index (κ1) is 15.7. The lowest BCUT2D eigenvalue weighted by atomic mass is 9.92. The number of aromatic amines is 1. The van der Waals surface area contributed by atoms with E-state index >= 15 is 0 Å². The number of carbonyl (C=O) groups is 1. The van der Waals surface area contributed by atoms with Gasteiger partial charge in [0.05, 0.1) is 6.04 Å². The predicted octanol–water partition coefficient (Wildman–Crippen LogP) is 1.89. The third-order valence-corrected chi connectivity index (χ3v) is 4.18. The van der Waals surface area contributed by atoms with Gasteiger partial charge in [-0.2, -0.15) is 5.10 Å². The summed E-state index contributed by atoms with van der Waals surface area (Å²) >= 11 is 0. The van der Waals surface area contributed by atoms with Crippen molar-refractivity contribution in [1.82, 2.24) is 25.4 Å². The van der Waals surface area contributed by atoms with Crippen LogP contribution in [0.15, 0.2) is 30.6 Å². The van der Waals surface area contributed by atoms with Gasteiger partial charge in [0.15, 0.2) is 0 Å². The van der Waals surface area contributed by atoms with E-state index in [1.165, 1.54) is 0 Å². The molecule has 0 bridgehead atoms. The van der Waals surface area contributed by atoms with Crippen molar-refractivity contribution in [3.05, 3.63) is 47.5 Å². The number of aromatic nitrogens is 3. The van der Waals surface area contributed by atoms with Crippen LogP contribution < -0.4 is 5.32 Å². The minimum atomic E-state index is -0.0578. The van der Waals surface area contributed by atoms with Crippen LogP contribution >= 0.6 is 0 Å². The van der Waals surface area contributed by atoms with E-state index in [2.05, 4.69) is 41.3 Å². The molecule has 23 heavy (non-hydrogen) atoms. The first-order valence-electron chi connectivity index (χ1n) is 7.94. The smallest absolute Gasteiger partial charge is 0.274 e. The highest BCUT2D eigenvalue weighted by atomic mass is 16.2. The number of hydrogen-bond acceptors (Lipinski definition) is 4. The van der Waals surface area contributed by atoms with E-state index in [9.17, 15) is 4.79 Å². The van der Waals surface area contributed by atoms with Gasteiger partial charge < -0.3 is 10.2 Å². The Hall–Kier alpha value is -2.21. The Morgan fingerprint density at radius 3 is 2.87 bits per heavy atom. The first-order chi connectivity index (χ1) is 11.0. The van der Waals surface area contributed by atoms with Gasteiger partial charge in [-0.3, -0.25) is 14.9 Å². The van der Waals surface area contributed by atoms with E-state index in [0.717, 1.165) is 24.3 Å². The molecule has 0 aromatic carbocycles. The highest BCUT2D eigenvalue weighted by Crippen LogP contribution is 2.25. The average Bonchev–Trinajstić information content (AvgIpc) is 3.05. The van der Waals surface area contributed by atoms with Crippen LogP contribution in [0.3, 0.4) is 0 Å². The lowest BCUT2D eigenvalue weighted by Gasteiger charge is -2.36. The maximum absolute atomic E-state index is 12.9. The molecule has 3 heterocycles. The molecule has 1 saturated heterocycles. The second kappa shape index (κ2) is 6.12. The topological polar surface area (TPSA) is 73.9 Å². The zero-order valence-electron chi connectivity index (χ0n) is 13.8. The van der Waals surface area contributed by atoms with Gasteiger partial charge in [-0.05, 0) is 17.7 Å². The SMILES string of the molecule is CC(C)(C)c1cc(C(=O)N2CCNCC2c2cccnc2)n[nH]1. The lowest BCUT2D eigenvalue weighted by molar-refractivity contribution is 0.0628. The zero-order chi connectivity index (χ0) is 16.4. The largest absolute Gasteiger partial charge is 0.328 e. The van der Waals surface area contributed by atoms with Crippen molar-refractivity contribution < 1.29 is 4.79 Å². The fourth-order valence-electron chi connectivity index (χ4n) is 2.78. The minimum absolute atomic E-state index is 0.0141. The first-order valence-corrected chi connectivity index (χ1v) is 7.94. The Labute approximate surface area is 136 Å². The molecule has 1 fully saturated rings. The zero-order valence-corrected chi connectivity index (χ0v) is 13.8. The molecule has 2 aromatic heterocycles. The Balaban J connectivity index is 1.86. The van der Waals surface area contributed by atoms with Gasteiger partial charge in [0.25, 0.3) is 5.91 Å². The van der Waals surface area contributed by atoms with Crippen molar-refractivity contribution in [3.8, 4) is 0 Å². The van der Waals surface area contributed by atoms with Crippen LogP contribution in [0.5, 0.6) is 0 Å². The van der Waals surface area contributed by atoms with Gasteiger partial charge in [-0.15, -0.1) is 0 Å². The molecule has 1 atom stereocenters. The molecule has 0 radical (unpaired) electrons. The highest BCUT2D eigenvalue weighted by molar-refractivity contribution is 5.92. The molecule has 0 saturated carbocycles. The summed E-state index contributed by atoms with van der Waals surface area (Å²) in [6.45, 7) is 8.47. The number of hydrogen-bond donors (Lipinski definition) is 2. The number of H-pyrrole nitrogens is 1. The van der Waals surface area contributed by atoms with Crippen LogP contribution in [0.2, 0.25) is 0 Å². The van der Waals surface area contributed by atoms with Crippen LogP contribution in [0, 0.1) is 0 Å². The van der Waals surface area contributed by atoms with Crippen LogP contribution in [-0.4, -0.2) is 45.6 Å². The van der Waals surface area contributed by atoms with E-state index in [0.29, 0.717) is 12.2 Å². The van der Waals surface area contributed by atoms with Crippen molar-refractivity contribution in [3.63, 3.8) is 0 Å². The molecule has 122 valence electrons. The van der Waals surface area contributed by atoms with Crippen molar-refractivity contribution >= 4 is 5.91 Å². The second-order valence-corrected chi connectivity index (χ2v) is 6.92. The van der Waals surface area contributed by atoms with Crippen molar-refractivity contribution in [1.29, 1.82) is 0 Å². The summed E-state index contributed by atoms with van der Waals surface area (Å²) in [5.74, 6) is -0.0351. The number of piperazine rings is 1. The molecule has 1 aliphatic heterocycles. The number of carbonyl (C=O) groups excluding carboxylic acids is 1. The van der Waals surface area contributed by atoms with Gasteiger partial charge in [0, 0.05) is 43.1 Å². The summed E-state index contributed by atoms with van der Waals surface area (Å²) in [7, 11) is 0. The molecule has 6 heteroatoms. The Morgan fingerprint density at radius 1 is 1.39 bits per heavy atom. The molecule has 2 aromatic rings. The summed E-state index contributed by atoms with van der Waals surface area (Å²) in [4.78, 5) is 19.0. The summed E-state index contributed by atoms with van der Waals surface area (Å²) < 4.78 is 0. The van der Waals surface area contributed by atoms with E-state index in [-0.39, 0.29) is 17.4 Å². The third-order valence-electron chi connectivity index (χ3n) is 4.18. The molecular formula is C17H23N5O. The Kier molecular flexibility index (Phi) is 4.17. The van der Waals surface area contributed by atoms with E-state index in [1.807, 2.05) is 29.3 Å². The standard InChI is InChI=1S/C17H23N5O/c1-17(2,3)15-9-13(20-21-15)16(23)22-8-7-19-11-14(22)12-5-4-6-18-10-12/h4-6,9-10,14,19H,7-8,11H2,1-3H3,(H,20,21). The van der Waals surface area contributed by atoms with Crippen LogP contribution in [-0.2, 0) is 5.41 Å². The number of rotatable bonds is 2. The van der Waals surface area contributed by atoms with Gasteiger partial charge in [-0.1, -0.05) is 26.8 Å². The minimum Gasteiger partial charge on any atom is -0.328 e. The maximum atomic E-state index is 12.9. The van der Waals surface area contributed by atoms with Gasteiger partial charge >= 0.3 is 0 Å². The Bertz CT molecular complexity index is 674. The molecule has 2 N–H and O–H groups in total. The number of amides is 1. The van der Waals surface area contributed by atoms with E-state index in [4.69, 9.17) is 0 Å². The third kappa shape index (κ3) is 3.27. The van der Waals surface area contributed by atoms with Gasteiger partial charge in [0.1, 0.15) is 5.69 Å². The maximum Gasteiger partial charge on any atom is 0.274 e. The van der Waals surface area contributed by atoms with E-state index < -0.39 is 0 Å². The molecule has 3 rings (SSSR count). The van der Waals surface area contributed by atoms with Gasteiger partial charge in [-0.25, -0.2) is 0 Å². The van der Waals surface area contributed by atoms with Crippen LogP contribution in [0.4, 0.5) is 0 Å². The number of nitrogens with one attached hydrogen (secondary N) is 2. The highest BCUT2D eigenvalue weighted by Gasteiger charge is 2.30. The summed E-state index contributed by atoms with van der Waals surface area (Å²) in [6.07, 6.45) is 3.57. The molecule has 0 spiro atoms. The van der Waals surface area contributed by atoms with Crippen molar-refractivity contribution in [2.75, 3.05) is 19.6 Å². The summed E-state index contributed by atoms with van der Waals surface area (Å²) in [6, 6.07) is 5.76. The molecule has 0 aliphatic carbocycles. The molecule has 6 nitrogen and oxygen atoms in total. The average molecular weight is 313 g/mol. The summed E-state index contributed by atoms with van der Waals surface area (Å²) in [5, 5.41) is 10.6. The molecule has 1 aliphatic rings. The van der Waals surface area contributed by atoms with Crippen molar-refractivity contribution in [2.45, 2.75) is 32.2 Å². The number of pyridine rings is 1. The van der Waals surface area contributed by atoms with Crippen LogP contribution in [0.25, 0.3) is 0 Å². The molecule has 1 amide bonds. The molecular weight excluding hydrogens is 290 g/mol. The van der Waals surface area contributed by atoms with Crippen molar-refractivity contribution in [2.24, 2.45) is 0 Å². The predicted molar refractivity (Wildman–Crippen MR) is 88.2 cm³/mol. The fraction of sp³-hybridized carbons (Fsp3) is 0.471. The van der Waals surface area contributed by atoms with Gasteiger partial charge in [0.2, 0.25) is 0 Å². The normalized spacial score (nSPS) is 18.9. The fourth-order valence-corrected chi connectivity index (χ4v) is 2.78. The summed E-state index contributed by atoms with van der Waals surface area (Å²) in [5.41, 5.74) is 2.43. The monoisotopic (exact) mass is 313 g/mol. The Morgan fingerprint density at radius 2 is 2.22 bits per heavy atom. The second-order valence-electron chi connectivity index (χ2n) is 6.92. The van der Waals surface area contributed by atoms with E-state index in [1.54, 1.807) is 6.20 Å². The van der Waals surface area contributed by atoms with Crippen LogP contribution in [0.1, 0.15) is 48.6 Å². The lowest BCUT2D eigenvalue weighted by Crippen LogP contribution is -2.48. The number of nitrogens with zero attached hydrogens (tertiary/aromatic N) is 3.